The summed E-state index contributed by atoms with van der Waals surface area (Å²) < 4.78 is 11.6. The van der Waals surface area contributed by atoms with Gasteiger partial charge in [0.1, 0.15) is 6.10 Å². The molecule has 1 aliphatic rings. The van der Waals surface area contributed by atoms with E-state index in [4.69, 9.17) is 9.47 Å². The molecular weight excluding hydrogens is 264 g/mol. The van der Waals surface area contributed by atoms with Crippen molar-refractivity contribution in [2.45, 2.75) is 65.6 Å². The molecule has 0 atom stereocenters. The summed E-state index contributed by atoms with van der Waals surface area (Å²) in [7, 11) is 0. The highest BCUT2D eigenvalue weighted by Gasteiger charge is 2.20. The van der Waals surface area contributed by atoms with Gasteiger partial charge in [-0.3, -0.25) is 0 Å². The standard InChI is InChI=1S/C17H28N2O2/c1-12-10-13(2)19-16(15(12)11-18-17(3,4)5)21-14-6-8-20-9-7-14/h10,14,18H,6-9,11H2,1-5H3. The van der Waals surface area contributed by atoms with E-state index in [2.05, 4.69) is 44.1 Å². The van der Waals surface area contributed by atoms with Gasteiger partial charge in [0.2, 0.25) is 5.88 Å². The number of hydrogen-bond acceptors (Lipinski definition) is 4. The van der Waals surface area contributed by atoms with Gasteiger partial charge in [0.05, 0.1) is 13.2 Å². The normalized spacial score (nSPS) is 17.0. The summed E-state index contributed by atoms with van der Waals surface area (Å²) in [5.41, 5.74) is 3.49. The fourth-order valence-electron chi connectivity index (χ4n) is 2.45. The van der Waals surface area contributed by atoms with Crippen LogP contribution in [0.25, 0.3) is 0 Å². The second kappa shape index (κ2) is 6.75. The van der Waals surface area contributed by atoms with Crippen LogP contribution in [0.1, 0.15) is 50.4 Å². The first-order valence-corrected chi connectivity index (χ1v) is 7.82. The van der Waals surface area contributed by atoms with Gasteiger partial charge in [-0.15, -0.1) is 0 Å². The molecule has 4 nitrogen and oxygen atoms in total. The van der Waals surface area contributed by atoms with E-state index in [0.717, 1.165) is 44.2 Å². The van der Waals surface area contributed by atoms with Gasteiger partial charge in [-0.05, 0) is 46.2 Å². The van der Waals surface area contributed by atoms with Gasteiger partial charge >= 0.3 is 0 Å². The zero-order chi connectivity index (χ0) is 15.5. The van der Waals surface area contributed by atoms with E-state index in [9.17, 15) is 0 Å². The van der Waals surface area contributed by atoms with Gasteiger partial charge in [-0.1, -0.05) is 0 Å². The summed E-state index contributed by atoms with van der Waals surface area (Å²) in [5, 5.41) is 3.53. The Kier molecular flexibility index (Phi) is 5.22. The number of rotatable bonds is 4. The molecule has 4 heteroatoms. The zero-order valence-corrected chi connectivity index (χ0v) is 14.0. The molecule has 0 bridgehead atoms. The zero-order valence-electron chi connectivity index (χ0n) is 14.0. The molecule has 0 aromatic carbocycles. The molecule has 0 spiro atoms. The summed E-state index contributed by atoms with van der Waals surface area (Å²) in [6, 6.07) is 2.12. The molecule has 0 saturated carbocycles. The number of hydrogen-bond donors (Lipinski definition) is 1. The van der Waals surface area contributed by atoms with Crippen molar-refractivity contribution in [2.24, 2.45) is 0 Å². The molecule has 1 aromatic heterocycles. The Morgan fingerprint density at radius 2 is 1.95 bits per heavy atom. The maximum Gasteiger partial charge on any atom is 0.218 e. The average Bonchev–Trinajstić information content (AvgIpc) is 2.37. The van der Waals surface area contributed by atoms with Crippen LogP contribution in [0.2, 0.25) is 0 Å². The third-order valence-corrected chi connectivity index (χ3v) is 3.68. The summed E-state index contributed by atoms with van der Waals surface area (Å²) in [4.78, 5) is 4.63. The topological polar surface area (TPSA) is 43.4 Å². The lowest BCUT2D eigenvalue weighted by molar-refractivity contribution is 0.0231. The quantitative estimate of drug-likeness (QED) is 0.926. The van der Waals surface area contributed by atoms with E-state index in [1.54, 1.807) is 0 Å². The second-order valence-electron chi connectivity index (χ2n) is 6.90. The Balaban J connectivity index is 2.16. The monoisotopic (exact) mass is 292 g/mol. The Bertz CT molecular complexity index is 474. The van der Waals surface area contributed by atoms with Gasteiger partial charge in [0.25, 0.3) is 0 Å². The lowest BCUT2D eigenvalue weighted by Gasteiger charge is -2.26. The molecule has 2 heterocycles. The lowest BCUT2D eigenvalue weighted by atomic mass is 10.1. The summed E-state index contributed by atoms with van der Waals surface area (Å²) in [6.45, 7) is 13.0. The van der Waals surface area contributed by atoms with Crippen molar-refractivity contribution < 1.29 is 9.47 Å². The van der Waals surface area contributed by atoms with E-state index in [0.29, 0.717) is 0 Å². The largest absolute Gasteiger partial charge is 0.474 e. The predicted molar refractivity (Wildman–Crippen MR) is 84.8 cm³/mol. The number of nitrogens with one attached hydrogen (secondary N) is 1. The third kappa shape index (κ3) is 4.97. The summed E-state index contributed by atoms with van der Waals surface area (Å²) >= 11 is 0. The molecular formula is C17H28N2O2. The Hall–Kier alpha value is -1.13. The van der Waals surface area contributed by atoms with Crippen molar-refractivity contribution in [3.8, 4) is 5.88 Å². The van der Waals surface area contributed by atoms with E-state index in [1.807, 2.05) is 6.92 Å². The fourth-order valence-corrected chi connectivity index (χ4v) is 2.45. The molecule has 0 amide bonds. The van der Waals surface area contributed by atoms with Crippen molar-refractivity contribution in [1.29, 1.82) is 0 Å². The smallest absolute Gasteiger partial charge is 0.218 e. The van der Waals surface area contributed by atoms with Crippen LogP contribution in [0.15, 0.2) is 6.07 Å². The van der Waals surface area contributed by atoms with Crippen molar-refractivity contribution in [3.63, 3.8) is 0 Å². The first kappa shape index (κ1) is 16.2. The van der Waals surface area contributed by atoms with Crippen molar-refractivity contribution in [1.82, 2.24) is 10.3 Å². The Morgan fingerprint density at radius 1 is 1.29 bits per heavy atom. The maximum absolute atomic E-state index is 6.18. The van der Waals surface area contributed by atoms with Crippen molar-refractivity contribution >= 4 is 0 Å². The minimum Gasteiger partial charge on any atom is -0.474 e. The predicted octanol–water partition coefficient (Wildman–Crippen LogP) is 3.14. The van der Waals surface area contributed by atoms with Crippen molar-refractivity contribution in [2.75, 3.05) is 13.2 Å². The molecule has 1 aliphatic heterocycles. The molecule has 1 aromatic rings. The van der Waals surface area contributed by atoms with Crippen LogP contribution >= 0.6 is 0 Å². The van der Waals surface area contributed by atoms with E-state index >= 15 is 0 Å². The highest BCUT2D eigenvalue weighted by Crippen LogP contribution is 2.25. The maximum atomic E-state index is 6.18. The molecule has 1 fully saturated rings. The van der Waals surface area contributed by atoms with Crippen LogP contribution in [-0.4, -0.2) is 29.8 Å². The van der Waals surface area contributed by atoms with Crippen molar-refractivity contribution in [3.05, 3.63) is 22.9 Å². The van der Waals surface area contributed by atoms with Crippen LogP contribution in [0.5, 0.6) is 5.88 Å². The van der Waals surface area contributed by atoms with Gasteiger partial charge in [0, 0.05) is 36.2 Å². The van der Waals surface area contributed by atoms with Gasteiger partial charge in [-0.25, -0.2) is 4.98 Å². The van der Waals surface area contributed by atoms with Crippen LogP contribution in [0.3, 0.4) is 0 Å². The average molecular weight is 292 g/mol. The van der Waals surface area contributed by atoms with Crippen LogP contribution in [0.4, 0.5) is 0 Å². The molecule has 1 saturated heterocycles. The highest BCUT2D eigenvalue weighted by atomic mass is 16.5. The van der Waals surface area contributed by atoms with Gasteiger partial charge in [-0.2, -0.15) is 0 Å². The Labute approximate surface area is 128 Å². The Morgan fingerprint density at radius 3 is 2.57 bits per heavy atom. The van der Waals surface area contributed by atoms with E-state index in [-0.39, 0.29) is 11.6 Å². The number of nitrogens with zero attached hydrogens (tertiary/aromatic N) is 1. The first-order chi connectivity index (χ1) is 9.85. The highest BCUT2D eigenvalue weighted by molar-refractivity contribution is 5.36. The molecule has 21 heavy (non-hydrogen) atoms. The van der Waals surface area contributed by atoms with Crippen LogP contribution in [0, 0.1) is 13.8 Å². The van der Waals surface area contributed by atoms with Crippen LogP contribution in [-0.2, 0) is 11.3 Å². The lowest BCUT2D eigenvalue weighted by Crippen LogP contribution is -2.35. The molecule has 0 radical (unpaired) electrons. The molecule has 0 aliphatic carbocycles. The molecule has 2 rings (SSSR count). The summed E-state index contributed by atoms with van der Waals surface area (Å²) in [5.74, 6) is 0.788. The SMILES string of the molecule is Cc1cc(C)c(CNC(C)(C)C)c(OC2CCOCC2)n1. The van der Waals surface area contributed by atoms with Gasteiger partial charge in [0.15, 0.2) is 0 Å². The number of aryl methyl sites for hydroxylation is 2. The van der Waals surface area contributed by atoms with Crippen LogP contribution < -0.4 is 10.1 Å². The fraction of sp³-hybridized carbons (Fsp3) is 0.706. The van der Waals surface area contributed by atoms with Gasteiger partial charge < -0.3 is 14.8 Å². The van der Waals surface area contributed by atoms with E-state index in [1.165, 1.54) is 11.1 Å². The molecule has 0 unspecified atom stereocenters. The second-order valence-corrected chi connectivity index (χ2v) is 6.90. The third-order valence-electron chi connectivity index (χ3n) is 3.68. The molecule has 1 N–H and O–H groups in total. The number of aromatic nitrogens is 1. The minimum absolute atomic E-state index is 0.0767. The van der Waals surface area contributed by atoms with E-state index < -0.39 is 0 Å². The number of ether oxygens (including phenoxy) is 2. The number of pyridine rings is 1. The first-order valence-electron chi connectivity index (χ1n) is 7.82. The molecule has 118 valence electrons. The summed E-state index contributed by atoms with van der Waals surface area (Å²) in [6.07, 6.45) is 2.11. The minimum atomic E-state index is 0.0767.